The maximum Gasteiger partial charge on any atom is 0.253 e. The summed E-state index contributed by atoms with van der Waals surface area (Å²) in [6.45, 7) is 3.90. The highest BCUT2D eigenvalue weighted by atomic mass is 32.2. The molecule has 0 spiro atoms. The van der Waals surface area contributed by atoms with Gasteiger partial charge in [-0.05, 0) is 43.7 Å². The molecule has 0 N–H and O–H groups in total. The predicted octanol–water partition coefficient (Wildman–Crippen LogP) is 3.72. The van der Waals surface area contributed by atoms with Crippen molar-refractivity contribution in [1.82, 2.24) is 24.6 Å². The molecule has 4 aromatic rings. The maximum atomic E-state index is 13.8. The molecule has 0 aliphatic rings. The Hall–Kier alpha value is -2.54. The molecular formula is C17H14FN5S. The molecule has 0 saturated heterocycles. The smallest absolute Gasteiger partial charge is 0.253 e. The first-order chi connectivity index (χ1) is 11.6. The number of nitrogens with zero attached hydrogens (tertiary/aromatic N) is 5. The first-order valence-electron chi connectivity index (χ1n) is 7.47. The Morgan fingerprint density at radius 3 is 2.92 bits per heavy atom. The van der Waals surface area contributed by atoms with E-state index in [4.69, 9.17) is 0 Å². The Bertz CT molecular complexity index is 1060. The summed E-state index contributed by atoms with van der Waals surface area (Å²) >= 11 is 1.45. The number of aromatic nitrogens is 5. The summed E-state index contributed by atoms with van der Waals surface area (Å²) in [5.41, 5.74) is 3.52. The van der Waals surface area contributed by atoms with Gasteiger partial charge in [0.15, 0.2) is 0 Å². The number of thioether (sulfide) groups is 1. The number of aryl methyl sites for hydroxylation is 2. The predicted molar refractivity (Wildman–Crippen MR) is 91.5 cm³/mol. The van der Waals surface area contributed by atoms with Crippen LogP contribution in [0.25, 0.3) is 16.7 Å². The third kappa shape index (κ3) is 2.71. The van der Waals surface area contributed by atoms with Crippen molar-refractivity contribution in [2.24, 2.45) is 0 Å². The molecular weight excluding hydrogens is 325 g/mol. The van der Waals surface area contributed by atoms with Crippen LogP contribution in [0.3, 0.4) is 0 Å². The van der Waals surface area contributed by atoms with Crippen molar-refractivity contribution in [3.63, 3.8) is 0 Å². The van der Waals surface area contributed by atoms with Gasteiger partial charge < -0.3 is 0 Å². The van der Waals surface area contributed by atoms with E-state index in [1.165, 1.54) is 23.9 Å². The fraction of sp³-hybridized carbons (Fsp3) is 0.176. The van der Waals surface area contributed by atoms with Crippen molar-refractivity contribution in [2.75, 3.05) is 0 Å². The van der Waals surface area contributed by atoms with Crippen molar-refractivity contribution in [3.8, 4) is 0 Å². The van der Waals surface area contributed by atoms with Gasteiger partial charge in [-0.1, -0.05) is 17.8 Å². The van der Waals surface area contributed by atoms with Gasteiger partial charge in [0.05, 0.1) is 5.52 Å². The van der Waals surface area contributed by atoms with Gasteiger partial charge in [-0.15, -0.1) is 5.10 Å². The number of rotatable bonds is 3. The Morgan fingerprint density at radius 1 is 1.17 bits per heavy atom. The van der Waals surface area contributed by atoms with Gasteiger partial charge in [0.2, 0.25) is 5.16 Å². The second-order valence-electron chi connectivity index (χ2n) is 5.57. The standard InChI is InChI=1S/C17H14FN5S/c1-10-6-11(2)23-16(20-10)21-17(22-23)24-9-13-8-14(18)7-12-4-3-5-19-15(12)13/h3-8H,9H2,1-2H3. The molecule has 0 bridgehead atoms. The van der Waals surface area contributed by atoms with Crippen molar-refractivity contribution in [3.05, 3.63) is 59.3 Å². The minimum Gasteiger partial charge on any atom is -0.256 e. The molecule has 0 aliphatic heterocycles. The number of benzene rings is 1. The Kier molecular flexibility index (Phi) is 3.65. The van der Waals surface area contributed by atoms with Crippen LogP contribution in [-0.2, 0) is 5.75 Å². The molecule has 0 fully saturated rings. The normalized spacial score (nSPS) is 11.5. The fourth-order valence-electron chi connectivity index (χ4n) is 2.69. The lowest BCUT2D eigenvalue weighted by Gasteiger charge is -2.04. The van der Waals surface area contributed by atoms with Crippen LogP contribution in [0.1, 0.15) is 17.0 Å². The van der Waals surface area contributed by atoms with E-state index in [0.29, 0.717) is 16.7 Å². The largest absolute Gasteiger partial charge is 0.256 e. The lowest BCUT2D eigenvalue weighted by atomic mass is 10.1. The van der Waals surface area contributed by atoms with Crippen LogP contribution in [-0.4, -0.2) is 24.6 Å². The van der Waals surface area contributed by atoms with Crippen molar-refractivity contribution < 1.29 is 4.39 Å². The van der Waals surface area contributed by atoms with Crippen LogP contribution in [0.4, 0.5) is 4.39 Å². The maximum absolute atomic E-state index is 13.8. The monoisotopic (exact) mass is 339 g/mol. The zero-order valence-corrected chi connectivity index (χ0v) is 14.0. The van der Waals surface area contributed by atoms with Gasteiger partial charge in [0, 0.05) is 28.7 Å². The van der Waals surface area contributed by atoms with E-state index in [-0.39, 0.29) is 5.82 Å². The second-order valence-corrected chi connectivity index (χ2v) is 6.52. The van der Waals surface area contributed by atoms with E-state index in [2.05, 4.69) is 20.1 Å². The van der Waals surface area contributed by atoms with Crippen LogP contribution < -0.4 is 0 Å². The minimum atomic E-state index is -0.262. The average Bonchev–Trinajstić information content (AvgIpc) is 2.95. The third-order valence-corrected chi connectivity index (χ3v) is 4.59. The summed E-state index contributed by atoms with van der Waals surface area (Å²) in [7, 11) is 0. The second kappa shape index (κ2) is 5.83. The Labute approximate surface area is 142 Å². The molecule has 3 heterocycles. The molecule has 0 saturated carbocycles. The van der Waals surface area contributed by atoms with Gasteiger partial charge in [-0.2, -0.15) is 4.98 Å². The lowest BCUT2D eigenvalue weighted by Crippen LogP contribution is -1.97. The van der Waals surface area contributed by atoms with Gasteiger partial charge in [-0.3, -0.25) is 4.98 Å². The molecule has 24 heavy (non-hydrogen) atoms. The highest BCUT2D eigenvalue weighted by Crippen LogP contribution is 2.26. The van der Waals surface area contributed by atoms with Crippen molar-refractivity contribution in [1.29, 1.82) is 0 Å². The number of fused-ring (bicyclic) bond motifs is 2. The third-order valence-electron chi connectivity index (χ3n) is 3.70. The van der Waals surface area contributed by atoms with E-state index in [0.717, 1.165) is 27.9 Å². The Morgan fingerprint density at radius 2 is 2.04 bits per heavy atom. The van der Waals surface area contributed by atoms with Gasteiger partial charge in [0.25, 0.3) is 5.78 Å². The lowest BCUT2D eigenvalue weighted by molar-refractivity contribution is 0.628. The molecule has 0 aliphatic carbocycles. The topological polar surface area (TPSA) is 56.0 Å². The van der Waals surface area contributed by atoms with E-state index in [1.54, 1.807) is 16.8 Å². The summed E-state index contributed by atoms with van der Waals surface area (Å²) < 4.78 is 15.5. The molecule has 0 amide bonds. The van der Waals surface area contributed by atoms with Gasteiger partial charge in [0.1, 0.15) is 5.82 Å². The van der Waals surface area contributed by atoms with Gasteiger partial charge in [-0.25, -0.2) is 13.9 Å². The quantitative estimate of drug-likeness (QED) is 0.533. The molecule has 5 nitrogen and oxygen atoms in total. The van der Waals surface area contributed by atoms with E-state index < -0.39 is 0 Å². The SMILES string of the molecule is Cc1cc(C)n2nc(SCc3cc(F)cc4cccnc34)nc2n1. The molecule has 0 atom stereocenters. The summed E-state index contributed by atoms with van der Waals surface area (Å²) in [6, 6.07) is 8.64. The minimum absolute atomic E-state index is 0.262. The molecule has 3 aromatic heterocycles. The summed E-state index contributed by atoms with van der Waals surface area (Å²) in [6.07, 6.45) is 1.72. The molecule has 120 valence electrons. The zero-order valence-electron chi connectivity index (χ0n) is 13.2. The summed E-state index contributed by atoms with van der Waals surface area (Å²) in [5.74, 6) is 0.861. The van der Waals surface area contributed by atoms with Crippen molar-refractivity contribution >= 4 is 28.4 Å². The highest BCUT2D eigenvalue weighted by Gasteiger charge is 2.11. The number of hydrogen-bond donors (Lipinski definition) is 0. The average molecular weight is 339 g/mol. The number of pyridine rings is 1. The van der Waals surface area contributed by atoms with Crippen molar-refractivity contribution in [2.45, 2.75) is 24.8 Å². The first kappa shape index (κ1) is 15.0. The number of hydrogen-bond acceptors (Lipinski definition) is 5. The molecule has 0 radical (unpaired) electrons. The summed E-state index contributed by atoms with van der Waals surface area (Å²) in [5, 5.41) is 5.87. The zero-order chi connectivity index (χ0) is 16.7. The molecule has 0 unspecified atom stereocenters. The van der Waals surface area contributed by atoms with E-state index >= 15 is 0 Å². The van der Waals surface area contributed by atoms with Crippen LogP contribution in [0.15, 0.2) is 41.7 Å². The van der Waals surface area contributed by atoms with Gasteiger partial charge >= 0.3 is 0 Å². The first-order valence-corrected chi connectivity index (χ1v) is 8.46. The van der Waals surface area contributed by atoms with Crippen LogP contribution >= 0.6 is 11.8 Å². The molecule has 1 aromatic carbocycles. The number of halogens is 1. The Balaban J connectivity index is 1.67. The van der Waals surface area contributed by atoms with E-state index in [9.17, 15) is 4.39 Å². The highest BCUT2D eigenvalue weighted by molar-refractivity contribution is 7.98. The van der Waals surface area contributed by atoms with E-state index in [1.807, 2.05) is 26.0 Å². The molecule has 7 heteroatoms. The summed E-state index contributed by atoms with van der Waals surface area (Å²) in [4.78, 5) is 13.2. The molecule has 4 rings (SSSR count). The van der Waals surface area contributed by atoms with Crippen LogP contribution in [0.2, 0.25) is 0 Å². The van der Waals surface area contributed by atoms with Crippen LogP contribution in [0.5, 0.6) is 0 Å². The fourth-order valence-corrected chi connectivity index (χ4v) is 3.48. The van der Waals surface area contributed by atoms with Crippen LogP contribution in [0, 0.1) is 19.7 Å².